The molecule has 0 saturated heterocycles. The van der Waals surface area contributed by atoms with E-state index in [0.29, 0.717) is 0 Å². The van der Waals surface area contributed by atoms with Crippen LogP contribution in [0.25, 0.3) is 66.1 Å². The van der Waals surface area contributed by atoms with Crippen molar-refractivity contribution in [3.63, 3.8) is 0 Å². The molecular weight excluding hydrogens is 583 g/mol. The number of benzene rings is 8. The molecule has 1 aromatic heterocycles. The summed E-state index contributed by atoms with van der Waals surface area (Å²) >= 11 is 0. The van der Waals surface area contributed by atoms with E-state index in [0.717, 1.165) is 55.5 Å². The number of hydrogen-bond donors (Lipinski definition) is 0. The van der Waals surface area contributed by atoms with E-state index in [1.807, 2.05) is 6.07 Å². The predicted molar refractivity (Wildman–Crippen MR) is 202 cm³/mol. The Hall–Kier alpha value is -6.38. The standard InChI is InChI=1S/C46H31NO/c1-4-14-32(15-5-1)33-24-26-35(27-25-33)44-43(39-20-10-11-21-40(39)46-45(44)41-22-12-13-23-42(41)48-46)34-28-30-38(31-29-34)47(36-16-6-2-7-17-36)37-18-8-3-9-19-37/h1-31H. The van der Waals surface area contributed by atoms with Crippen LogP contribution >= 0.6 is 0 Å². The highest BCUT2D eigenvalue weighted by Gasteiger charge is 2.23. The van der Waals surface area contributed by atoms with E-state index in [1.165, 1.54) is 27.6 Å². The molecule has 0 fully saturated rings. The Labute approximate surface area is 279 Å². The van der Waals surface area contributed by atoms with Gasteiger partial charge in [-0.2, -0.15) is 0 Å². The summed E-state index contributed by atoms with van der Waals surface area (Å²) in [7, 11) is 0. The zero-order valence-electron chi connectivity index (χ0n) is 26.3. The lowest BCUT2D eigenvalue weighted by atomic mass is 9.86. The summed E-state index contributed by atoms with van der Waals surface area (Å²) in [6, 6.07) is 66.7. The second-order valence-corrected chi connectivity index (χ2v) is 12.1. The molecule has 0 atom stereocenters. The molecular formula is C46H31NO. The molecule has 0 amide bonds. The molecule has 48 heavy (non-hydrogen) atoms. The number of fused-ring (bicyclic) bond motifs is 5. The summed E-state index contributed by atoms with van der Waals surface area (Å²) in [5.74, 6) is 0. The van der Waals surface area contributed by atoms with E-state index in [-0.39, 0.29) is 0 Å². The van der Waals surface area contributed by atoms with Crippen molar-refractivity contribution in [3.8, 4) is 33.4 Å². The molecule has 9 rings (SSSR count). The van der Waals surface area contributed by atoms with Gasteiger partial charge in [-0.05, 0) is 75.7 Å². The first-order valence-electron chi connectivity index (χ1n) is 16.4. The fraction of sp³-hybridized carbons (Fsp3) is 0. The van der Waals surface area contributed by atoms with Crippen LogP contribution < -0.4 is 4.90 Å². The molecule has 0 radical (unpaired) electrons. The van der Waals surface area contributed by atoms with E-state index in [1.54, 1.807) is 0 Å². The van der Waals surface area contributed by atoms with Gasteiger partial charge in [0.05, 0.1) is 0 Å². The quantitative estimate of drug-likeness (QED) is 0.185. The molecule has 9 aromatic rings. The summed E-state index contributed by atoms with van der Waals surface area (Å²) < 4.78 is 6.65. The van der Waals surface area contributed by atoms with E-state index in [4.69, 9.17) is 4.42 Å². The summed E-state index contributed by atoms with van der Waals surface area (Å²) in [5.41, 5.74) is 12.3. The fourth-order valence-electron chi connectivity index (χ4n) is 7.07. The Bertz CT molecular complexity index is 2480. The first-order valence-corrected chi connectivity index (χ1v) is 16.4. The van der Waals surface area contributed by atoms with Crippen molar-refractivity contribution < 1.29 is 4.42 Å². The van der Waals surface area contributed by atoms with Crippen LogP contribution in [0.4, 0.5) is 17.1 Å². The van der Waals surface area contributed by atoms with Gasteiger partial charge in [0.15, 0.2) is 0 Å². The third-order valence-corrected chi connectivity index (χ3v) is 9.26. The number of rotatable bonds is 6. The largest absolute Gasteiger partial charge is 0.455 e. The lowest BCUT2D eigenvalue weighted by Gasteiger charge is -2.25. The summed E-state index contributed by atoms with van der Waals surface area (Å²) in [6.07, 6.45) is 0. The third-order valence-electron chi connectivity index (χ3n) is 9.26. The summed E-state index contributed by atoms with van der Waals surface area (Å²) in [4.78, 5) is 2.30. The maximum atomic E-state index is 6.65. The average Bonchev–Trinajstić information content (AvgIpc) is 3.56. The van der Waals surface area contributed by atoms with Gasteiger partial charge in [0, 0.05) is 38.8 Å². The fourth-order valence-corrected chi connectivity index (χ4v) is 7.07. The molecule has 0 saturated carbocycles. The summed E-state index contributed by atoms with van der Waals surface area (Å²) in [5, 5.41) is 4.55. The molecule has 0 bridgehead atoms. The summed E-state index contributed by atoms with van der Waals surface area (Å²) in [6.45, 7) is 0. The SMILES string of the molecule is c1ccc(-c2ccc(-c3c(-c4ccc(N(c5ccccc5)c5ccccc5)cc4)c4ccccc4c4oc5ccccc5c34)cc2)cc1. The third kappa shape index (κ3) is 4.74. The Kier molecular flexibility index (Phi) is 6.84. The van der Waals surface area contributed by atoms with Gasteiger partial charge >= 0.3 is 0 Å². The van der Waals surface area contributed by atoms with Crippen molar-refractivity contribution in [3.05, 3.63) is 188 Å². The first-order chi connectivity index (χ1) is 23.8. The minimum absolute atomic E-state index is 0.897. The zero-order valence-corrected chi connectivity index (χ0v) is 26.3. The van der Waals surface area contributed by atoms with Gasteiger partial charge in [-0.25, -0.2) is 0 Å². The molecule has 226 valence electrons. The van der Waals surface area contributed by atoms with Crippen molar-refractivity contribution in [1.82, 2.24) is 0 Å². The molecule has 0 aliphatic rings. The molecule has 0 spiro atoms. The molecule has 0 aliphatic carbocycles. The van der Waals surface area contributed by atoms with Gasteiger partial charge in [0.25, 0.3) is 0 Å². The van der Waals surface area contributed by atoms with Crippen LogP contribution in [0.3, 0.4) is 0 Å². The van der Waals surface area contributed by atoms with Crippen molar-refractivity contribution in [1.29, 1.82) is 0 Å². The molecule has 0 aliphatic heterocycles. The van der Waals surface area contributed by atoms with Gasteiger partial charge in [-0.1, -0.05) is 146 Å². The lowest BCUT2D eigenvalue weighted by molar-refractivity contribution is 0.673. The van der Waals surface area contributed by atoms with Crippen LogP contribution in [-0.4, -0.2) is 0 Å². The van der Waals surface area contributed by atoms with Gasteiger partial charge < -0.3 is 9.32 Å². The molecule has 0 unspecified atom stereocenters. The second-order valence-electron chi connectivity index (χ2n) is 12.1. The first kappa shape index (κ1) is 27.9. The zero-order chi connectivity index (χ0) is 31.9. The van der Waals surface area contributed by atoms with E-state index >= 15 is 0 Å². The Balaban J connectivity index is 1.29. The van der Waals surface area contributed by atoms with Crippen LogP contribution in [0.2, 0.25) is 0 Å². The average molecular weight is 614 g/mol. The van der Waals surface area contributed by atoms with E-state index < -0.39 is 0 Å². The Morgan fingerprint density at radius 3 is 1.40 bits per heavy atom. The molecule has 0 N–H and O–H groups in total. The van der Waals surface area contributed by atoms with Crippen LogP contribution in [0, 0.1) is 0 Å². The van der Waals surface area contributed by atoms with E-state index in [9.17, 15) is 0 Å². The van der Waals surface area contributed by atoms with E-state index in [2.05, 4.69) is 187 Å². The molecule has 2 heteroatoms. The van der Waals surface area contributed by atoms with Crippen LogP contribution in [0.5, 0.6) is 0 Å². The highest BCUT2D eigenvalue weighted by atomic mass is 16.3. The molecule has 8 aromatic carbocycles. The van der Waals surface area contributed by atoms with Crippen LogP contribution in [0.1, 0.15) is 0 Å². The van der Waals surface area contributed by atoms with Gasteiger partial charge in [-0.15, -0.1) is 0 Å². The van der Waals surface area contributed by atoms with Crippen LogP contribution in [0.15, 0.2) is 192 Å². The highest BCUT2D eigenvalue weighted by Crippen LogP contribution is 2.48. The monoisotopic (exact) mass is 613 g/mol. The van der Waals surface area contributed by atoms with Crippen molar-refractivity contribution >= 4 is 49.8 Å². The van der Waals surface area contributed by atoms with Crippen LogP contribution in [-0.2, 0) is 0 Å². The van der Waals surface area contributed by atoms with Crippen molar-refractivity contribution in [2.24, 2.45) is 0 Å². The second kappa shape index (κ2) is 11.8. The number of furan rings is 1. The highest BCUT2D eigenvalue weighted by molar-refractivity contribution is 6.26. The number of hydrogen-bond acceptors (Lipinski definition) is 2. The number of anilines is 3. The normalized spacial score (nSPS) is 11.3. The predicted octanol–water partition coefficient (Wildman–Crippen LogP) is 13.2. The number of nitrogens with zero attached hydrogens (tertiary/aromatic N) is 1. The van der Waals surface area contributed by atoms with Gasteiger partial charge in [0.2, 0.25) is 0 Å². The lowest BCUT2D eigenvalue weighted by Crippen LogP contribution is -2.09. The smallest absolute Gasteiger partial charge is 0.143 e. The maximum absolute atomic E-state index is 6.65. The topological polar surface area (TPSA) is 16.4 Å². The Morgan fingerprint density at radius 1 is 0.312 bits per heavy atom. The molecule has 1 heterocycles. The van der Waals surface area contributed by atoms with Crippen molar-refractivity contribution in [2.75, 3.05) is 4.90 Å². The van der Waals surface area contributed by atoms with Gasteiger partial charge in [0.1, 0.15) is 11.2 Å². The Morgan fingerprint density at radius 2 is 0.750 bits per heavy atom. The van der Waals surface area contributed by atoms with Gasteiger partial charge in [-0.3, -0.25) is 0 Å². The van der Waals surface area contributed by atoms with Crippen molar-refractivity contribution in [2.45, 2.75) is 0 Å². The number of para-hydroxylation sites is 3. The minimum Gasteiger partial charge on any atom is -0.455 e. The molecule has 2 nitrogen and oxygen atoms in total. The minimum atomic E-state index is 0.897. The maximum Gasteiger partial charge on any atom is 0.143 e.